The predicted molar refractivity (Wildman–Crippen MR) is 84.3 cm³/mol. The van der Waals surface area contributed by atoms with Gasteiger partial charge in [-0.05, 0) is 34.5 Å². The molecule has 0 saturated carbocycles. The summed E-state index contributed by atoms with van der Waals surface area (Å²) in [7, 11) is 3.37. The number of nitrogens with zero attached hydrogens (tertiary/aromatic N) is 1. The Balaban J connectivity index is 0.00000144. The van der Waals surface area contributed by atoms with E-state index in [0.29, 0.717) is 0 Å². The lowest BCUT2D eigenvalue weighted by atomic mass is 10.0. The minimum Gasteiger partial charge on any atom is -1.00 e. The quantitative estimate of drug-likeness (QED) is 0.635. The van der Waals surface area contributed by atoms with Crippen molar-refractivity contribution in [3.05, 3.63) is 41.4 Å². The third kappa shape index (κ3) is 2.14. The van der Waals surface area contributed by atoms with Crippen LogP contribution in [0.15, 0.2) is 35.8 Å². The van der Waals surface area contributed by atoms with E-state index in [0.717, 1.165) is 29.9 Å². The van der Waals surface area contributed by atoms with Crippen LogP contribution in [0.2, 0.25) is 0 Å². The number of fused-ring (bicyclic) bond motifs is 4. The second-order valence-corrected chi connectivity index (χ2v) is 6.10. The Kier molecular flexibility index (Phi) is 3.98. The van der Waals surface area contributed by atoms with Crippen molar-refractivity contribution in [1.82, 2.24) is 0 Å². The van der Waals surface area contributed by atoms with Crippen LogP contribution in [0.1, 0.15) is 5.56 Å². The zero-order valence-electron chi connectivity index (χ0n) is 12.4. The van der Waals surface area contributed by atoms with Crippen molar-refractivity contribution < 1.29 is 26.4 Å². The standard InChI is InChI=1S/C17H16NO2S.ClH/c1-19-15-4-3-12-9-14-17-11(6-8-21-17)5-7-18(14)10-13(12)16(15)20-2;/h3-4,6,8-10H,5,7H2,1-2H3;1H/q+1;/p-1. The highest BCUT2D eigenvalue weighted by Gasteiger charge is 2.25. The van der Waals surface area contributed by atoms with Crippen LogP contribution >= 0.6 is 11.3 Å². The Labute approximate surface area is 139 Å². The molecule has 3 nitrogen and oxygen atoms in total. The third-order valence-electron chi connectivity index (χ3n) is 4.11. The SMILES string of the molecule is COc1ccc2cc3[n+](cc2c1OC)CCc1ccsc1-3.[Cl-]. The van der Waals surface area contributed by atoms with Crippen LogP contribution in [0.25, 0.3) is 21.3 Å². The van der Waals surface area contributed by atoms with Gasteiger partial charge in [0.1, 0.15) is 4.88 Å². The molecule has 0 saturated heterocycles. The monoisotopic (exact) mass is 333 g/mol. The number of hydrogen-bond acceptors (Lipinski definition) is 3. The summed E-state index contributed by atoms with van der Waals surface area (Å²) in [6, 6.07) is 8.56. The van der Waals surface area contributed by atoms with E-state index in [1.807, 2.05) is 17.4 Å². The third-order valence-corrected chi connectivity index (χ3v) is 5.08. The van der Waals surface area contributed by atoms with Crippen LogP contribution in [-0.2, 0) is 13.0 Å². The van der Waals surface area contributed by atoms with Crippen LogP contribution in [0.4, 0.5) is 0 Å². The summed E-state index contributed by atoms with van der Waals surface area (Å²) in [5.74, 6) is 1.58. The number of thiophene rings is 1. The van der Waals surface area contributed by atoms with Gasteiger partial charge in [0.25, 0.3) is 0 Å². The fourth-order valence-corrected chi connectivity index (χ4v) is 4.05. The molecule has 0 radical (unpaired) electrons. The van der Waals surface area contributed by atoms with Gasteiger partial charge < -0.3 is 21.9 Å². The van der Waals surface area contributed by atoms with Gasteiger partial charge in [-0.2, -0.15) is 4.57 Å². The average Bonchev–Trinajstić information content (AvgIpc) is 3.00. The molecule has 5 heteroatoms. The van der Waals surface area contributed by atoms with Gasteiger partial charge in [0, 0.05) is 12.5 Å². The fraction of sp³-hybridized carbons (Fsp3) is 0.235. The average molecular weight is 334 g/mol. The molecule has 3 aromatic rings. The summed E-state index contributed by atoms with van der Waals surface area (Å²) in [5.41, 5.74) is 2.76. The molecule has 0 bridgehead atoms. The highest BCUT2D eigenvalue weighted by molar-refractivity contribution is 7.13. The van der Waals surface area contributed by atoms with E-state index >= 15 is 0 Å². The molecular weight excluding hydrogens is 318 g/mol. The van der Waals surface area contributed by atoms with E-state index in [9.17, 15) is 0 Å². The second-order valence-electron chi connectivity index (χ2n) is 5.18. The smallest absolute Gasteiger partial charge is 0.223 e. The molecule has 0 N–H and O–H groups in total. The predicted octanol–water partition coefficient (Wildman–Crippen LogP) is 0.433. The Bertz CT molecular complexity index is 844. The molecular formula is C17H16ClNO2S. The van der Waals surface area contributed by atoms with Crippen LogP contribution in [0, 0.1) is 0 Å². The molecule has 0 unspecified atom stereocenters. The van der Waals surface area contributed by atoms with Crippen LogP contribution in [0.3, 0.4) is 0 Å². The van der Waals surface area contributed by atoms with Gasteiger partial charge in [-0.15, -0.1) is 11.3 Å². The van der Waals surface area contributed by atoms with E-state index in [1.54, 1.807) is 14.2 Å². The molecule has 0 atom stereocenters. The lowest BCUT2D eigenvalue weighted by Gasteiger charge is -2.14. The number of aryl methyl sites for hydroxylation is 2. The van der Waals surface area contributed by atoms with Crippen molar-refractivity contribution in [2.24, 2.45) is 0 Å². The molecule has 0 amide bonds. The number of benzene rings is 1. The first kappa shape index (κ1) is 15.1. The molecule has 4 rings (SSSR count). The van der Waals surface area contributed by atoms with Crippen molar-refractivity contribution in [2.45, 2.75) is 13.0 Å². The Morgan fingerprint density at radius 2 is 2.00 bits per heavy atom. The Hall–Kier alpha value is -1.78. The Morgan fingerprint density at radius 1 is 1.14 bits per heavy atom. The molecule has 1 aromatic carbocycles. The summed E-state index contributed by atoms with van der Waals surface area (Å²) in [4.78, 5) is 1.39. The maximum absolute atomic E-state index is 5.56. The van der Waals surface area contributed by atoms with E-state index in [4.69, 9.17) is 9.47 Å². The molecule has 114 valence electrons. The van der Waals surface area contributed by atoms with Gasteiger partial charge in [0.05, 0.1) is 19.6 Å². The van der Waals surface area contributed by atoms with Crippen molar-refractivity contribution >= 4 is 22.1 Å². The van der Waals surface area contributed by atoms with E-state index in [-0.39, 0.29) is 12.4 Å². The lowest BCUT2D eigenvalue weighted by molar-refractivity contribution is -0.686. The highest BCUT2D eigenvalue weighted by Crippen LogP contribution is 2.38. The lowest BCUT2D eigenvalue weighted by Crippen LogP contribution is -3.00. The zero-order chi connectivity index (χ0) is 14.4. The first-order valence-electron chi connectivity index (χ1n) is 6.96. The Morgan fingerprint density at radius 3 is 2.77 bits per heavy atom. The number of rotatable bonds is 2. The van der Waals surface area contributed by atoms with Crippen LogP contribution < -0.4 is 26.4 Å². The van der Waals surface area contributed by atoms with Crippen LogP contribution in [0.5, 0.6) is 11.5 Å². The fourth-order valence-electron chi connectivity index (χ4n) is 3.06. The molecule has 1 aliphatic heterocycles. The van der Waals surface area contributed by atoms with Gasteiger partial charge in [-0.1, -0.05) is 0 Å². The molecule has 0 fully saturated rings. The van der Waals surface area contributed by atoms with E-state index in [1.165, 1.54) is 21.5 Å². The number of aromatic nitrogens is 1. The minimum absolute atomic E-state index is 0. The van der Waals surface area contributed by atoms with Gasteiger partial charge in [-0.25, -0.2) is 0 Å². The summed E-state index contributed by atoms with van der Waals surface area (Å²) in [6.45, 7) is 1.01. The van der Waals surface area contributed by atoms with Gasteiger partial charge >= 0.3 is 0 Å². The summed E-state index contributed by atoms with van der Waals surface area (Å²) in [5, 5.41) is 4.46. The van der Waals surface area contributed by atoms with Crippen molar-refractivity contribution in [2.75, 3.05) is 14.2 Å². The maximum atomic E-state index is 5.56. The molecule has 3 heterocycles. The molecule has 22 heavy (non-hydrogen) atoms. The summed E-state index contributed by atoms with van der Waals surface area (Å²) >= 11 is 1.82. The van der Waals surface area contributed by atoms with Crippen LogP contribution in [-0.4, -0.2) is 14.2 Å². The number of ether oxygens (including phenoxy) is 2. The van der Waals surface area contributed by atoms with E-state index < -0.39 is 0 Å². The first-order chi connectivity index (χ1) is 10.3. The number of halogens is 1. The molecule has 0 spiro atoms. The molecule has 1 aliphatic rings. The number of hydrogen-bond donors (Lipinski definition) is 0. The normalized spacial score (nSPS) is 12.3. The summed E-state index contributed by atoms with van der Waals surface area (Å²) in [6.07, 6.45) is 3.28. The maximum Gasteiger partial charge on any atom is 0.223 e. The number of methoxy groups -OCH3 is 2. The highest BCUT2D eigenvalue weighted by atomic mass is 35.5. The van der Waals surface area contributed by atoms with Crippen molar-refractivity contribution in [1.29, 1.82) is 0 Å². The number of pyridine rings is 1. The summed E-state index contributed by atoms with van der Waals surface area (Å²) < 4.78 is 13.3. The molecule has 0 aliphatic carbocycles. The first-order valence-corrected chi connectivity index (χ1v) is 7.84. The molecule has 2 aromatic heterocycles. The largest absolute Gasteiger partial charge is 1.00 e. The zero-order valence-corrected chi connectivity index (χ0v) is 14.0. The second kappa shape index (κ2) is 5.78. The van der Waals surface area contributed by atoms with Crippen molar-refractivity contribution in [3.63, 3.8) is 0 Å². The topological polar surface area (TPSA) is 22.3 Å². The van der Waals surface area contributed by atoms with Gasteiger partial charge in [-0.3, -0.25) is 0 Å². The van der Waals surface area contributed by atoms with Gasteiger partial charge in [0.15, 0.2) is 24.2 Å². The minimum atomic E-state index is 0. The van der Waals surface area contributed by atoms with Crippen molar-refractivity contribution in [3.8, 4) is 22.1 Å². The van der Waals surface area contributed by atoms with Gasteiger partial charge in [0.2, 0.25) is 5.69 Å². The van der Waals surface area contributed by atoms with E-state index in [2.05, 4.69) is 34.3 Å².